The number of ketones is 1. The number of nitrogens with two attached hydrogens (primary N) is 1. The predicted molar refractivity (Wildman–Crippen MR) is 107 cm³/mol. The second-order valence-electron chi connectivity index (χ2n) is 5.85. The maximum absolute atomic E-state index is 12.0. The SMILES string of the molecule is C/C=C(\NC1=CCC=C(S(N)=O)C=C1)c1ccc(C(=O)CCC(=O)O)cc1. The van der Waals surface area contributed by atoms with Gasteiger partial charge in [-0.15, -0.1) is 0 Å². The summed E-state index contributed by atoms with van der Waals surface area (Å²) in [6.07, 6.45) is 9.65. The molecular formula is C20H22N2O4S. The number of carboxylic acids is 1. The van der Waals surface area contributed by atoms with Crippen molar-refractivity contribution in [1.29, 1.82) is 0 Å². The second kappa shape index (κ2) is 9.80. The number of nitrogens with one attached hydrogen (secondary N) is 1. The molecule has 0 fully saturated rings. The summed E-state index contributed by atoms with van der Waals surface area (Å²) in [5, 5.41) is 17.4. The van der Waals surface area contributed by atoms with Crippen LogP contribution in [0.15, 0.2) is 65.2 Å². The third kappa shape index (κ3) is 6.16. The molecule has 1 aliphatic rings. The van der Waals surface area contributed by atoms with E-state index in [1.165, 1.54) is 0 Å². The topological polar surface area (TPSA) is 109 Å². The van der Waals surface area contributed by atoms with Crippen LogP contribution in [0.2, 0.25) is 0 Å². The number of allylic oxidation sites excluding steroid dienone is 5. The standard InChI is InChI=1S/C20H22N2O4S/c1-2-18(22-16-4-3-5-17(11-10-16)27(21)26)14-6-8-15(9-7-14)19(23)12-13-20(24)25/h2,4-11,22H,3,12-13,21H2,1H3,(H,24,25)/b18-2-. The summed E-state index contributed by atoms with van der Waals surface area (Å²) in [6, 6.07) is 7.02. The highest BCUT2D eigenvalue weighted by atomic mass is 32.2. The lowest BCUT2D eigenvalue weighted by Gasteiger charge is -2.12. The number of benzene rings is 1. The van der Waals surface area contributed by atoms with Gasteiger partial charge in [0, 0.05) is 23.4 Å². The Labute approximate surface area is 160 Å². The molecule has 2 rings (SSSR count). The first-order chi connectivity index (χ1) is 12.9. The van der Waals surface area contributed by atoms with Gasteiger partial charge in [0.1, 0.15) is 11.0 Å². The van der Waals surface area contributed by atoms with E-state index in [1.807, 2.05) is 43.4 Å². The minimum Gasteiger partial charge on any atom is -0.481 e. The Morgan fingerprint density at radius 3 is 2.41 bits per heavy atom. The summed E-state index contributed by atoms with van der Waals surface area (Å²) in [6.45, 7) is 1.90. The van der Waals surface area contributed by atoms with Crippen LogP contribution in [0, 0.1) is 0 Å². The predicted octanol–water partition coefficient (Wildman–Crippen LogP) is 3.03. The van der Waals surface area contributed by atoms with E-state index in [1.54, 1.807) is 18.2 Å². The monoisotopic (exact) mass is 386 g/mol. The molecular weight excluding hydrogens is 364 g/mol. The van der Waals surface area contributed by atoms with Crippen LogP contribution in [-0.4, -0.2) is 21.1 Å². The quantitative estimate of drug-likeness (QED) is 0.595. The molecule has 0 saturated carbocycles. The molecule has 0 saturated heterocycles. The van der Waals surface area contributed by atoms with Gasteiger partial charge in [-0.2, -0.15) is 0 Å². The molecule has 1 unspecified atom stereocenters. The van der Waals surface area contributed by atoms with E-state index in [0.29, 0.717) is 16.9 Å². The molecule has 142 valence electrons. The maximum Gasteiger partial charge on any atom is 0.303 e. The summed E-state index contributed by atoms with van der Waals surface area (Å²) in [5.74, 6) is -1.18. The first-order valence-corrected chi connectivity index (χ1v) is 9.65. The molecule has 4 N–H and O–H groups in total. The molecule has 1 aliphatic carbocycles. The van der Waals surface area contributed by atoms with Gasteiger partial charge in [-0.05, 0) is 31.1 Å². The summed E-state index contributed by atoms with van der Waals surface area (Å²) >= 11 is 0. The lowest BCUT2D eigenvalue weighted by molar-refractivity contribution is -0.136. The number of aliphatic carboxylic acids is 1. The Kier molecular flexibility index (Phi) is 7.45. The van der Waals surface area contributed by atoms with E-state index >= 15 is 0 Å². The third-order valence-corrected chi connectivity index (χ3v) is 4.74. The van der Waals surface area contributed by atoms with Crippen LogP contribution in [0.5, 0.6) is 0 Å². The molecule has 1 aromatic rings. The highest BCUT2D eigenvalue weighted by molar-refractivity contribution is 7.86. The van der Waals surface area contributed by atoms with Crippen molar-refractivity contribution in [2.24, 2.45) is 5.14 Å². The van der Waals surface area contributed by atoms with Crippen molar-refractivity contribution >= 4 is 28.4 Å². The third-order valence-electron chi connectivity index (χ3n) is 3.97. The lowest BCUT2D eigenvalue weighted by Crippen LogP contribution is -2.11. The minimum absolute atomic E-state index is 0.0149. The molecule has 0 aliphatic heterocycles. The van der Waals surface area contributed by atoms with Gasteiger partial charge in [-0.25, -0.2) is 9.35 Å². The highest BCUT2D eigenvalue weighted by Crippen LogP contribution is 2.18. The van der Waals surface area contributed by atoms with E-state index in [0.717, 1.165) is 17.0 Å². The van der Waals surface area contributed by atoms with Crippen molar-refractivity contribution < 1.29 is 18.9 Å². The zero-order valence-corrected chi connectivity index (χ0v) is 15.8. The molecule has 0 aromatic heterocycles. The zero-order valence-electron chi connectivity index (χ0n) is 15.0. The van der Waals surface area contributed by atoms with Crippen molar-refractivity contribution in [3.63, 3.8) is 0 Å². The van der Waals surface area contributed by atoms with Crippen molar-refractivity contribution in [3.8, 4) is 0 Å². The van der Waals surface area contributed by atoms with Crippen LogP contribution in [0.4, 0.5) is 0 Å². The van der Waals surface area contributed by atoms with E-state index in [2.05, 4.69) is 5.32 Å². The molecule has 6 nitrogen and oxygen atoms in total. The van der Waals surface area contributed by atoms with Gasteiger partial charge in [-0.3, -0.25) is 9.59 Å². The van der Waals surface area contributed by atoms with Crippen LogP contribution < -0.4 is 10.5 Å². The summed E-state index contributed by atoms with van der Waals surface area (Å²) < 4.78 is 11.4. The van der Waals surface area contributed by atoms with Crippen molar-refractivity contribution in [2.75, 3.05) is 0 Å². The number of Topliss-reactive ketones (excluding diaryl/α,β-unsaturated/α-hetero) is 1. The van der Waals surface area contributed by atoms with E-state index in [4.69, 9.17) is 10.2 Å². The molecule has 0 amide bonds. The lowest BCUT2D eigenvalue weighted by atomic mass is 10.0. The molecule has 0 spiro atoms. The Morgan fingerprint density at radius 2 is 1.81 bits per heavy atom. The Hall–Kier alpha value is -2.77. The normalized spacial score (nSPS) is 15.4. The van der Waals surface area contributed by atoms with Crippen molar-refractivity contribution in [3.05, 3.63) is 76.4 Å². The summed E-state index contributed by atoms with van der Waals surface area (Å²) in [5.41, 5.74) is 3.08. The van der Waals surface area contributed by atoms with E-state index < -0.39 is 17.0 Å². The molecule has 1 atom stereocenters. The van der Waals surface area contributed by atoms with Gasteiger partial charge in [0.05, 0.1) is 11.3 Å². The number of carbonyl (C=O) groups excluding carboxylic acids is 1. The number of hydrogen-bond donors (Lipinski definition) is 3. The van der Waals surface area contributed by atoms with Crippen LogP contribution in [-0.2, 0) is 15.8 Å². The molecule has 0 bridgehead atoms. The summed E-state index contributed by atoms with van der Waals surface area (Å²) in [7, 11) is -1.51. The van der Waals surface area contributed by atoms with Crippen LogP contribution in [0.3, 0.4) is 0 Å². The average molecular weight is 386 g/mol. The van der Waals surface area contributed by atoms with Gasteiger partial charge in [0.2, 0.25) is 0 Å². The van der Waals surface area contributed by atoms with Crippen LogP contribution in [0.1, 0.15) is 42.1 Å². The van der Waals surface area contributed by atoms with Crippen LogP contribution >= 0.6 is 0 Å². The average Bonchev–Trinajstić information content (AvgIpc) is 2.90. The molecule has 0 heterocycles. The molecule has 7 heteroatoms. The fraction of sp³-hybridized carbons (Fsp3) is 0.200. The number of rotatable bonds is 8. The Bertz CT molecular complexity index is 864. The maximum atomic E-state index is 12.0. The van der Waals surface area contributed by atoms with Crippen LogP contribution in [0.25, 0.3) is 5.70 Å². The molecule has 27 heavy (non-hydrogen) atoms. The minimum atomic E-state index is -1.51. The number of hydrogen-bond acceptors (Lipinski definition) is 4. The van der Waals surface area contributed by atoms with Crippen molar-refractivity contribution in [2.45, 2.75) is 26.2 Å². The van der Waals surface area contributed by atoms with Gasteiger partial charge < -0.3 is 10.4 Å². The first-order valence-electron chi connectivity index (χ1n) is 8.44. The fourth-order valence-electron chi connectivity index (χ4n) is 2.52. The van der Waals surface area contributed by atoms with Crippen molar-refractivity contribution in [1.82, 2.24) is 5.32 Å². The Morgan fingerprint density at radius 1 is 1.15 bits per heavy atom. The number of carboxylic acid groups (broad SMARTS) is 1. The van der Waals surface area contributed by atoms with Gasteiger partial charge in [-0.1, -0.05) is 42.5 Å². The largest absolute Gasteiger partial charge is 0.481 e. The molecule has 0 radical (unpaired) electrons. The van der Waals surface area contributed by atoms with E-state index in [-0.39, 0.29) is 18.6 Å². The van der Waals surface area contributed by atoms with Gasteiger partial charge in [0.25, 0.3) is 0 Å². The highest BCUT2D eigenvalue weighted by Gasteiger charge is 2.10. The fourth-order valence-corrected chi connectivity index (χ4v) is 2.98. The zero-order chi connectivity index (χ0) is 19.8. The Balaban J connectivity index is 2.07. The second-order valence-corrected chi connectivity index (χ2v) is 6.92. The first kappa shape index (κ1) is 20.5. The summed E-state index contributed by atoms with van der Waals surface area (Å²) in [4.78, 5) is 23.1. The van der Waals surface area contributed by atoms with Gasteiger partial charge >= 0.3 is 5.97 Å². The van der Waals surface area contributed by atoms with Gasteiger partial charge in [0.15, 0.2) is 5.78 Å². The van der Waals surface area contributed by atoms with E-state index in [9.17, 15) is 13.8 Å². The number of carbonyl (C=O) groups is 2. The molecule has 1 aromatic carbocycles. The smallest absolute Gasteiger partial charge is 0.303 e.